The minimum Gasteiger partial charge on any atom is -0.383 e. The fourth-order valence-corrected chi connectivity index (χ4v) is 3.70. The van der Waals surface area contributed by atoms with Gasteiger partial charge < -0.3 is 15.8 Å². The SMILES string of the molecule is CCOC1(C(NC)c2cc(Cl)cnc2N)CCCCCC1. The second-order valence-corrected chi connectivity index (χ2v) is 6.20. The van der Waals surface area contributed by atoms with E-state index in [1.807, 2.05) is 13.1 Å². The van der Waals surface area contributed by atoms with Gasteiger partial charge in [-0.25, -0.2) is 4.98 Å². The van der Waals surface area contributed by atoms with Gasteiger partial charge in [0.05, 0.1) is 16.7 Å². The number of likely N-dealkylation sites (N-methyl/N-ethyl adjacent to an activating group) is 1. The standard InChI is InChI=1S/C16H26ClN3O/c1-3-21-16(8-6-4-5-7-9-16)14(19-2)13-10-12(17)11-20-15(13)18/h10-11,14,19H,3-9H2,1-2H3,(H2,18,20). The maximum Gasteiger partial charge on any atom is 0.128 e. The van der Waals surface area contributed by atoms with Crippen LogP contribution in [0, 0.1) is 0 Å². The molecule has 1 fully saturated rings. The second-order valence-electron chi connectivity index (χ2n) is 5.76. The van der Waals surface area contributed by atoms with E-state index in [9.17, 15) is 0 Å². The van der Waals surface area contributed by atoms with Gasteiger partial charge >= 0.3 is 0 Å². The van der Waals surface area contributed by atoms with Gasteiger partial charge in [-0.1, -0.05) is 37.3 Å². The van der Waals surface area contributed by atoms with Crippen LogP contribution >= 0.6 is 11.6 Å². The molecule has 1 aliphatic carbocycles. The highest BCUT2D eigenvalue weighted by molar-refractivity contribution is 6.30. The molecule has 1 aromatic rings. The maximum atomic E-state index is 6.26. The van der Waals surface area contributed by atoms with Crippen molar-refractivity contribution in [1.82, 2.24) is 10.3 Å². The van der Waals surface area contributed by atoms with Crippen LogP contribution in [0.4, 0.5) is 5.82 Å². The molecule has 0 bridgehead atoms. The molecule has 1 atom stereocenters. The number of halogens is 1. The van der Waals surface area contributed by atoms with E-state index in [1.54, 1.807) is 6.20 Å². The third kappa shape index (κ3) is 3.68. The Kier molecular flexibility index (Phi) is 5.85. The van der Waals surface area contributed by atoms with Crippen LogP contribution in [-0.4, -0.2) is 24.2 Å². The Morgan fingerprint density at radius 3 is 2.62 bits per heavy atom. The van der Waals surface area contributed by atoms with Gasteiger partial charge in [0, 0.05) is 18.4 Å². The Morgan fingerprint density at radius 1 is 1.38 bits per heavy atom. The number of rotatable bonds is 5. The zero-order valence-corrected chi connectivity index (χ0v) is 13.7. The van der Waals surface area contributed by atoms with Gasteiger partial charge in [-0.2, -0.15) is 0 Å². The molecule has 1 aromatic heterocycles. The Balaban J connectivity index is 2.41. The summed E-state index contributed by atoms with van der Waals surface area (Å²) in [5, 5.41) is 4.02. The van der Waals surface area contributed by atoms with Crippen molar-refractivity contribution >= 4 is 17.4 Å². The lowest BCUT2D eigenvalue weighted by atomic mass is 9.82. The van der Waals surface area contributed by atoms with Crippen LogP contribution in [0.5, 0.6) is 0 Å². The molecule has 3 N–H and O–H groups in total. The highest BCUT2D eigenvalue weighted by Gasteiger charge is 2.41. The first kappa shape index (κ1) is 16.5. The molecular formula is C16H26ClN3O. The lowest BCUT2D eigenvalue weighted by Gasteiger charge is -2.40. The van der Waals surface area contributed by atoms with Gasteiger partial charge in [0.2, 0.25) is 0 Å². The molecule has 5 heteroatoms. The maximum absolute atomic E-state index is 6.26. The summed E-state index contributed by atoms with van der Waals surface area (Å²) in [5.41, 5.74) is 6.82. The predicted molar refractivity (Wildman–Crippen MR) is 87.5 cm³/mol. The van der Waals surface area contributed by atoms with Crippen molar-refractivity contribution in [2.75, 3.05) is 19.4 Å². The number of nitrogens with two attached hydrogens (primary N) is 1. The summed E-state index contributed by atoms with van der Waals surface area (Å²) < 4.78 is 6.26. The van der Waals surface area contributed by atoms with Crippen LogP contribution in [0.3, 0.4) is 0 Å². The van der Waals surface area contributed by atoms with Crippen LogP contribution in [-0.2, 0) is 4.74 Å². The number of nitrogen functional groups attached to an aromatic ring is 1. The van der Waals surface area contributed by atoms with E-state index in [1.165, 1.54) is 25.7 Å². The van der Waals surface area contributed by atoms with Gasteiger partial charge in [-0.15, -0.1) is 0 Å². The van der Waals surface area contributed by atoms with Crippen molar-refractivity contribution in [2.24, 2.45) is 0 Å². The Labute approximate surface area is 132 Å². The van der Waals surface area contributed by atoms with Crippen LogP contribution < -0.4 is 11.1 Å². The molecule has 118 valence electrons. The molecule has 0 radical (unpaired) electrons. The molecule has 1 saturated carbocycles. The highest BCUT2D eigenvalue weighted by Crippen LogP contribution is 2.42. The number of pyridine rings is 1. The number of ether oxygens (including phenoxy) is 1. The number of hydrogen-bond acceptors (Lipinski definition) is 4. The molecule has 1 aliphatic rings. The number of anilines is 1. The van der Waals surface area contributed by atoms with Crippen molar-refractivity contribution in [1.29, 1.82) is 0 Å². The quantitative estimate of drug-likeness (QED) is 0.814. The fourth-order valence-electron chi connectivity index (χ4n) is 3.53. The Morgan fingerprint density at radius 2 is 2.05 bits per heavy atom. The summed E-state index contributed by atoms with van der Waals surface area (Å²) in [5.74, 6) is 0.530. The average molecular weight is 312 g/mol. The van der Waals surface area contributed by atoms with Crippen LogP contribution in [0.25, 0.3) is 0 Å². The smallest absolute Gasteiger partial charge is 0.128 e. The van der Waals surface area contributed by atoms with Crippen molar-refractivity contribution in [3.05, 3.63) is 22.8 Å². The first-order valence-corrected chi connectivity index (χ1v) is 8.23. The van der Waals surface area contributed by atoms with Crippen molar-refractivity contribution in [3.8, 4) is 0 Å². The third-order valence-electron chi connectivity index (χ3n) is 4.42. The number of aromatic nitrogens is 1. The molecule has 21 heavy (non-hydrogen) atoms. The molecule has 0 amide bonds. The summed E-state index contributed by atoms with van der Waals surface area (Å²) in [6, 6.07) is 1.93. The van der Waals surface area contributed by atoms with Crippen molar-refractivity contribution in [3.63, 3.8) is 0 Å². The summed E-state index contributed by atoms with van der Waals surface area (Å²) >= 11 is 6.12. The monoisotopic (exact) mass is 311 g/mol. The number of nitrogens with zero attached hydrogens (tertiary/aromatic N) is 1. The molecule has 1 heterocycles. The molecule has 0 aliphatic heterocycles. The van der Waals surface area contributed by atoms with E-state index >= 15 is 0 Å². The zero-order valence-electron chi connectivity index (χ0n) is 13.0. The topological polar surface area (TPSA) is 60.2 Å². The zero-order chi connectivity index (χ0) is 15.3. The van der Waals surface area contributed by atoms with Gasteiger partial charge in [0.1, 0.15) is 5.82 Å². The molecule has 2 rings (SSSR count). The van der Waals surface area contributed by atoms with Crippen molar-refractivity contribution in [2.45, 2.75) is 57.1 Å². The van der Waals surface area contributed by atoms with Gasteiger partial charge in [0.15, 0.2) is 0 Å². The van der Waals surface area contributed by atoms with Crippen molar-refractivity contribution < 1.29 is 4.74 Å². The normalized spacial score (nSPS) is 20.0. The van der Waals surface area contributed by atoms with Crippen LogP contribution in [0.15, 0.2) is 12.3 Å². The number of hydrogen-bond donors (Lipinski definition) is 2. The first-order chi connectivity index (χ1) is 10.1. The number of nitrogens with one attached hydrogen (secondary N) is 1. The minimum absolute atomic E-state index is 0.0155. The minimum atomic E-state index is -0.222. The second kappa shape index (κ2) is 7.43. The van der Waals surface area contributed by atoms with E-state index in [2.05, 4.69) is 17.2 Å². The van der Waals surface area contributed by atoms with Gasteiger partial charge in [-0.05, 0) is 32.9 Å². The van der Waals surface area contributed by atoms with E-state index in [4.69, 9.17) is 22.1 Å². The van der Waals surface area contributed by atoms with E-state index in [0.717, 1.165) is 18.4 Å². The van der Waals surface area contributed by atoms with Crippen LogP contribution in [0.2, 0.25) is 5.02 Å². The fraction of sp³-hybridized carbons (Fsp3) is 0.688. The first-order valence-electron chi connectivity index (χ1n) is 7.85. The lowest BCUT2D eigenvalue weighted by Crippen LogP contribution is -2.45. The Bertz CT molecular complexity index is 459. The Hall–Kier alpha value is -0.840. The molecule has 1 unspecified atom stereocenters. The van der Waals surface area contributed by atoms with Crippen LogP contribution in [0.1, 0.15) is 57.1 Å². The third-order valence-corrected chi connectivity index (χ3v) is 4.63. The van der Waals surface area contributed by atoms with E-state index < -0.39 is 0 Å². The summed E-state index contributed by atoms with van der Waals surface area (Å²) in [4.78, 5) is 4.21. The summed E-state index contributed by atoms with van der Waals surface area (Å²) in [7, 11) is 1.96. The predicted octanol–water partition coefficient (Wildman–Crippen LogP) is 3.71. The molecule has 0 aromatic carbocycles. The highest BCUT2D eigenvalue weighted by atomic mass is 35.5. The molecule has 4 nitrogen and oxygen atoms in total. The van der Waals surface area contributed by atoms with Gasteiger partial charge in [-0.3, -0.25) is 0 Å². The molecule has 0 saturated heterocycles. The lowest BCUT2D eigenvalue weighted by molar-refractivity contribution is -0.0765. The largest absolute Gasteiger partial charge is 0.383 e. The van der Waals surface area contributed by atoms with E-state index in [0.29, 0.717) is 17.4 Å². The molecule has 0 spiro atoms. The molecular weight excluding hydrogens is 286 g/mol. The van der Waals surface area contributed by atoms with Gasteiger partial charge in [0.25, 0.3) is 0 Å². The summed E-state index contributed by atoms with van der Waals surface area (Å²) in [6.07, 6.45) is 8.59. The average Bonchev–Trinajstić information content (AvgIpc) is 2.70. The van der Waals surface area contributed by atoms with E-state index in [-0.39, 0.29) is 11.6 Å². The summed E-state index contributed by atoms with van der Waals surface area (Å²) in [6.45, 7) is 2.75.